The highest BCUT2D eigenvalue weighted by molar-refractivity contribution is 4.77. The smallest absolute Gasteiger partial charge is 0.107 e. The van der Waals surface area contributed by atoms with Crippen LogP contribution in [0.2, 0.25) is 0 Å². The molecule has 0 saturated carbocycles. The first-order chi connectivity index (χ1) is 6.27. The highest BCUT2D eigenvalue weighted by atomic mass is 16.3. The predicted octanol–water partition coefficient (Wildman–Crippen LogP) is -0.575. The van der Waals surface area contributed by atoms with Crippen LogP contribution in [0, 0.1) is 0 Å². The maximum atomic E-state index is 9.49. The van der Waals surface area contributed by atoms with Gasteiger partial charge in [0.15, 0.2) is 0 Å². The van der Waals surface area contributed by atoms with E-state index >= 15 is 0 Å². The molecule has 2 aliphatic heterocycles. The summed E-state index contributed by atoms with van der Waals surface area (Å²) < 4.78 is 0. The Morgan fingerprint density at radius 2 is 1.23 bits per heavy atom. The van der Waals surface area contributed by atoms with Gasteiger partial charge in [0.1, 0.15) is 12.5 Å². The molecule has 0 aromatic heterocycles. The van der Waals surface area contributed by atoms with Gasteiger partial charge in [0.05, 0.1) is 0 Å². The van der Waals surface area contributed by atoms with Gasteiger partial charge < -0.3 is 10.2 Å². The van der Waals surface area contributed by atoms with Gasteiger partial charge in [0.25, 0.3) is 0 Å². The summed E-state index contributed by atoms with van der Waals surface area (Å²) in [6.45, 7) is 4.15. The molecule has 2 aliphatic rings. The standard InChI is InChI=1S/C9H18N2O2/c12-8(10-4-5-10)2-1-3-9(13)11-6-7-11/h8-9,12-13H,1-7H2/t8-,9-/m0/s1. The lowest BCUT2D eigenvalue weighted by atomic mass is 10.2. The number of rotatable bonds is 6. The van der Waals surface area contributed by atoms with Crippen molar-refractivity contribution in [3.8, 4) is 0 Å². The van der Waals surface area contributed by atoms with E-state index in [1.165, 1.54) is 0 Å². The Labute approximate surface area is 78.8 Å². The number of aliphatic hydroxyl groups excluding tert-OH is 2. The van der Waals surface area contributed by atoms with E-state index in [2.05, 4.69) is 0 Å². The SMILES string of the molecule is O[C@@H](CCC[C@H](O)N1CC1)N1CC1. The second kappa shape index (κ2) is 3.92. The van der Waals surface area contributed by atoms with Crippen LogP contribution in [-0.4, -0.2) is 58.6 Å². The molecule has 0 radical (unpaired) electrons. The second-order valence-electron chi connectivity index (χ2n) is 3.96. The van der Waals surface area contributed by atoms with Gasteiger partial charge in [-0.05, 0) is 19.3 Å². The van der Waals surface area contributed by atoms with Crippen LogP contribution in [0.5, 0.6) is 0 Å². The van der Waals surface area contributed by atoms with Crippen molar-refractivity contribution in [1.29, 1.82) is 0 Å². The van der Waals surface area contributed by atoms with Crippen molar-refractivity contribution < 1.29 is 10.2 Å². The largest absolute Gasteiger partial charge is 0.378 e. The van der Waals surface area contributed by atoms with Gasteiger partial charge in [-0.3, -0.25) is 9.80 Å². The van der Waals surface area contributed by atoms with Crippen LogP contribution in [0.15, 0.2) is 0 Å². The van der Waals surface area contributed by atoms with E-state index in [-0.39, 0.29) is 12.5 Å². The number of hydrogen-bond acceptors (Lipinski definition) is 4. The van der Waals surface area contributed by atoms with Crippen molar-refractivity contribution in [2.45, 2.75) is 31.7 Å². The average molecular weight is 186 g/mol. The highest BCUT2D eigenvalue weighted by Gasteiger charge is 2.27. The van der Waals surface area contributed by atoms with Crippen LogP contribution in [0.4, 0.5) is 0 Å². The molecule has 2 rings (SSSR count). The van der Waals surface area contributed by atoms with Crippen molar-refractivity contribution in [2.24, 2.45) is 0 Å². The van der Waals surface area contributed by atoms with Gasteiger partial charge >= 0.3 is 0 Å². The van der Waals surface area contributed by atoms with Gasteiger partial charge in [-0.1, -0.05) is 0 Å². The minimum Gasteiger partial charge on any atom is -0.378 e. The summed E-state index contributed by atoms with van der Waals surface area (Å²) in [7, 11) is 0. The Balaban J connectivity index is 1.51. The molecule has 0 unspecified atom stereocenters. The van der Waals surface area contributed by atoms with Crippen molar-refractivity contribution >= 4 is 0 Å². The summed E-state index contributed by atoms with van der Waals surface area (Å²) >= 11 is 0. The molecule has 2 N–H and O–H groups in total. The molecule has 0 aliphatic carbocycles. The van der Waals surface area contributed by atoms with E-state index in [9.17, 15) is 10.2 Å². The molecule has 2 atom stereocenters. The minimum atomic E-state index is -0.263. The van der Waals surface area contributed by atoms with Gasteiger partial charge in [0.2, 0.25) is 0 Å². The molecule has 0 bridgehead atoms. The first-order valence-corrected chi connectivity index (χ1v) is 5.11. The lowest BCUT2D eigenvalue weighted by molar-refractivity contribution is 0.0454. The third-order valence-electron chi connectivity index (χ3n) is 2.73. The molecule has 0 aromatic rings. The minimum absolute atomic E-state index is 0.263. The Bertz CT molecular complexity index is 151. The lowest BCUT2D eigenvalue weighted by Gasteiger charge is -2.13. The topological polar surface area (TPSA) is 46.5 Å². The Kier molecular flexibility index (Phi) is 2.83. The van der Waals surface area contributed by atoms with Crippen LogP contribution in [0.3, 0.4) is 0 Å². The summed E-state index contributed by atoms with van der Waals surface area (Å²) in [6.07, 6.45) is 1.98. The molecule has 0 aromatic carbocycles. The fourth-order valence-corrected chi connectivity index (χ4v) is 1.56. The maximum absolute atomic E-state index is 9.49. The summed E-state index contributed by atoms with van der Waals surface area (Å²) in [5, 5.41) is 19.0. The van der Waals surface area contributed by atoms with E-state index in [0.29, 0.717) is 0 Å². The molecule has 2 fully saturated rings. The van der Waals surface area contributed by atoms with Crippen molar-refractivity contribution in [3.63, 3.8) is 0 Å². The fraction of sp³-hybridized carbons (Fsp3) is 1.00. The molecule has 0 amide bonds. The zero-order valence-electron chi connectivity index (χ0n) is 7.89. The van der Waals surface area contributed by atoms with E-state index in [1.54, 1.807) is 0 Å². The van der Waals surface area contributed by atoms with Crippen LogP contribution in [-0.2, 0) is 0 Å². The Morgan fingerprint density at radius 1 is 0.846 bits per heavy atom. The maximum Gasteiger partial charge on any atom is 0.107 e. The van der Waals surface area contributed by atoms with Gasteiger partial charge in [-0.2, -0.15) is 0 Å². The van der Waals surface area contributed by atoms with E-state index in [4.69, 9.17) is 0 Å². The van der Waals surface area contributed by atoms with Gasteiger partial charge in [0, 0.05) is 26.2 Å². The number of nitrogens with zero attached hydrogens (tertiary/aromatic N) is 2. The van der Waals surface area contributed by atoms with Crippen LogP contribution < -0.4 is 0 Å². The molecular formula is C9H18N2O2. The monoisotopic (exact) mass is 186 g/mol. The van der Waals surface area contributed by atoms with Gasteiger partial charge in [-0.15, -0.1) is 0 Å². The van der Waals surface area contributed by atoms with Crippen molar-refractivity contribution in [1.82, 2.24) is 9.80 Å². The van der Waals surface area contributed by atoms with E-state index in [1.807, 2.05) is 9.80 Å². The highest BCUT2D eigenvalue weighted by Crippen LogP contribution is 2.17. The first kappa shape index (κ1) is 9.40. The van der Waals surface area contributed by atoms with Gasteiger partial charge in [-0.25, -0.2) is 0 Å². The van der Waals surface area contributed by atoms with E-state index in [0.717, 1.165) is 45.4 Å². The Hall–Kier alpha value is -0.160. The molecule has 2 saturated heterocycles. The first-order valence-electron chi connectivity index (χ1n) is 5.11. The summed E-state index contributed by atoms with van der Waals surface area (Å²) in [5.74, 6) is 0. The molecular weight excluding hydrogens is 168 g/mol. The zero-order valence-corrected chi connectivity index (χ0v) is 7.89. The lowest BCUT2D eigenvalue weighted by Crippen LogP contribution is -2.21. The Morgan fingerprint density at radius 3 is 1.54 bits per heavy atom. The molecule has 2 heterocycles. The third kappa shape index (κ3) is 2.91. The van der Waals surface area contributed by atoms with Crippen LogP contribution >= 0.6 is 0 Å². The molecule has 13 heavy (non-hydrogen) atoms. The summed E-state index contributed by atoms with van der Waals surface area (Å²) in [4.78, 5) is 4.06. The van der Waals surface area contributed by atoms with Crippen LogP contribution in [0.1, 0.15) is 19.3 Å². The summed E-state index contributed by atoms with van der Waals surface area (Å²) in [5.41, 5.74) is 0. The third-order valence-corrected chi connectivity index (χ3v) is 2.73. The predicted molar refractivity (Wildman–Crippen MR) is 49.0 cm³/mol. The number of aliphatic hydroxyl groups is 2. The normalized spacial score (nSPS) is 27.2. The fourth-order valence-electron chi connectivity index (χ4n) is 1.56. The number of hydrogen-bond donors (Lipinski definition) is 2. The molecule has 0 spiro atoms. The zero-order chi connectivity index (χ0) is 9.26. The van der Waals surface area contributed by atoms with Crippen molar-refractivity contribution in [2.75, 3.05) is 26.2 Å². The average Bonchev–Trinajstić information content (AvgIpc) is 2.95. The molecule has 4 nitrogen and oxygen atoms in total. The quantitative estimate of drug-likeness (QED) is 0.545. The molecule has 4 heteroatoms. The van der Waals surface area contributed by atoms with Crippen molar-refractivity contribution in [3.05, 3.63) is 0 Å². The second-order valence-corrected chi connectivity index (χ2v) is 3.96. The molecule has 76 valence electrons. The van der Waals surface area contributed by atoms with Crippen LogP contribution in [0.25, 0.3) is 0 Å². The summed E-state index contributed by atoms with van der Waals surface area (Å²) in [6, 6.07) is 0. The van der Waals surface area contributed by atoms with E-state index < -0.39 is 0 Å².